The highest BCUT2D eigenvalue weighted by molar-refractivity contribution is 5.79. The van der Waals surface area contributed by atoms with Crippen LogP contribution >= 0.6 is 0 Å². The number of ether oxygens (including phenoxy) is 1. The number of aromatic nitrogens is 1. The van der Waals surface area contributed by atoms with E-state index in [-0.39, 0.29) is 11.8 Å². The number of nitrogens with two attached hydrogens (primary N) is 1. The normalized spacial score (nSPS) is 18.8. The molecule has 1 aromatic rings. The third-order valence-corrected chi connectivity index (χ3v) is 3.55. The number of hydrogen-bond donors (Lipinski definition) is 1. The van der Waals surface area contributed by atoms with Crippen molar-refractivity contribution >= 4 is 5.91 Å². The van der Waals surface area contributed by atoms with Gasteiger partial charge >= 0.3 is 0 Å². The van der Waals surface area contributed by atoms with Crippen molar-refractivity contribution < 1.29 is 9.53 Å². The van der Waals surface area contributed by atoms with Crippen LogP contribution in [0.5, 0.6) is 0 Å². The largest absolute Gasteiger partial charge is 0.381 e. The Morgan fingerprint density at radius 2 is 2.45 bits per heavy atom. The molecular weight excluding hydrogens is 254 g/mol. The zero-order valence-corrected chi connectivity index (χ0v) is 11.8. The zero-order chi connectivity index (χ0) is 14.2. The van der Waals surface area contributed by atoms with Gasteiger partial charge in [0.2, 0.25) is 5.91 Å². The second kappa shape index (κ2) is 7.97. The predicted molar refractivity (Wildman–Crippen MR) is 76.9 cm³/mol. The first-order chi connectivity index (χ1) is 9.81. The average molecular weight is 277 g/mol. The van der Waals surface area contributed by atoms with Gasteiger partial charge in [0.15, 0.2) is 0 Å². The molecule has 0 spiro atoms. The number of pyridine rings is 1. The molecule has 2 heterocycles. The van der Waals surface area contributed by atoms with Gasteiger partial charge in [0.1, 0.15) is 0 Å². The van der Waals surface area contributed by atoms with Gasteiger partial charge in [-0.15, -0.1) is 0 Å². The molecule has 0 bridgehead atoms. The van der Waals surface area contributed by atoms with Crippen molar-refractivity contribution in [1.29, 1.82) is 0 Å². The minimum atomic E-state index is -0.00167. The Hall–Kier alpha value is -1.46. The van der Waals surface area contributed by atoms with E-state index in [1.807, 2.05) is 17.0 Å². The second-order valence-corrected chi connectivity index (χ2v) is 5.18. The van der Waals surface area contributed by atoms with Gasteiger partial charge in [-0.3, -0.25) is 9.78 Å². The van der Waals surface area contributed by atoms with Crippen LogP contribution in [-0.2, 0) is 16.1 Å². The molecule has 5 nitrogen and oxygen atoms in total. The standard InChI is InChI=1S/C15H23N3O2/c16-6-3-8-18(11-13-4-1-7-17-10-13)15(19)14-5-2-9-20-12-14/h1,4,7,10,14H,2-3,5-6,8-9,11-12,16H2. The summed E-state index contributed by atoms with van der Waals surface area (Å²) < 4.78 is 5.42. The topological polar surface area (TPSA) is 68.5 Å². The second-order valence-electron chi connectivity index (χ2n) is 5.18. The lowest BCUT2D eigenvalue weighted by atomic mass is 10.0. The molecular formula is C15H23N3O2. The minimum Gasteiger partial charge on any atom is -0.381 e. The van der Waals surface area contributed by atoms with Crippen molar-refractivity contribution in [3.05, 3.63) is 30.1 Å². The van der Waals surface area contributed by atoms with E-state index >= 15 is 0 Å². The highest BCUT2D eigenvalue weighted by atomic mass is 16.5. The van der Waals surface area contributed by atoms with Gasteiger partial charge in [-0.05, 0) is 37.4 Å². The fourth-order valence-electron chi connectivity index (χ4n) is 2.46. The maximum absolute atomic E-state index is 12.6. The molecule has 1 atom stereocenters. The maximum atomic E-state index is 12.6. The third-order valence-electron chi connectivity index (χ3n) is 3.55. The molecule has 1 amide bonds. The van der Waals surface area contributed by atoms with Crippen LogP contribution in [0, 0.1) is 5.92 Å². The number of rotatable bonds is 6. The molecule has 110 valence electrons. The van der Waals surface area contributed by atoms with E-state index in [2.05, 4.69) is 4.98 Å². The number of nitrogens with zero attached hydrogens (tertiary/aromatic N) is 2. The minimum absolute atomic E-state index is 0.00167. The molecule has 1 aliphatic rings. The van der Waals surface area contributed by atoms with Gasteiger partial charge in [-0.25, -0.2) is 0 Å². The van der Waals surface area contributed by atoms with Gasteiger partial charge in [0.25, 0.3) is 0 Å². The molecule has 2 rings (SSSR count). The van der Waals surface area contributed by atoms with Crippen LogP contribution < -0.4 is 5.73 Å². The quantitative estimate of drug-likeness (QED) is 0.848. The Morgan fingerprint density at radius 1 is 1.55 bits per heavy atom. The number of carbonyl (C=O) groups is 1. The van der Waals surface area contributed by atoms with E-state index in [9.17, 15) is 4.79 Å². The monoisotopic (exact) mass is 277 g/mol. The fourth-order valence-corrected chi connectivity index (χ4v) is 2.46. The lowest BCUT2D eigenvalue weighted by molar-refractivity contribution is -0.140. The van der Waals surface area contributed by atoms with E-state index in [1.165, 1.54) is 0 Å². The van der Waals surface area contributed by atoms with Gasteiger partial charge in [0.05, 0.1) is 12.5 Å². The SMILES string of the molecule is NCCCN(Cc1cccnc1)C(=O)C1CCCOC1. The highest BCUT2D eigenvalue weighted by Gasteiger charge is 2.26. The molecule has 0 saturated carbocycles. The van der Waals surface area contributed by atoms with Crippen molar-refractivity contribution in [2.45, 2.75) is 25.8 Å². The summed E-state index contributed by atoms with van der Waals surface area (Å²) in [7, 11) is 0. The lowest BCUT2D eigenvalue weighted by Gasteiger charge is -2.29. The van der Waals surface area contributed by atoms with Crippen molar-refractivity contribution in [2.75, 3.05) is 26.3 Å². The molecule has 1 unspecified atom stereocenters. The predicted octanol–water partition coefficient (Wildman–Crippen LogP) is 1.19. The first kappa shape index (κ1) is 14.9. The molecule has 1 aromatic heterocycles. The Kier molecular flexibility index (Phi) is 5.95. The number of hydrogen-bond acceptors (Lipinski definition) is 4. The summed E-state index contributed by atoms with van der Waals surface area (Å²) in [5.74, 6) is 0.181. The van der Waals surface area contributed by atoms with E-state index in [4.69, 9.17) is 10.5 Å². The smallest absolute Gasteiger partial charge is 0.228 e. The van der Waals surface area contributed by atoms with Gasteiger partial charge < -0.3 is 15.4 Å². The molecule has 1 fully saturated rings. The molecule has 0 aromatic carbocycles. The third kappa shape index (κ3) is 4.28. The highest BCUT2D eigenvalue weighted by Crippen LogP contribution is 2.18. The molecule has 0 radical (unpaired) electrons. The van der Waals surface area contributed by atoms with Crippen LogP contribution in [0.15, 0.2) is 24.5 Å². The van der Waals surface area contributed by atoms with Crippen LogP contribution in [0.25, 0.3) is 0 Å². The Bertz CT molecular complexity index is 405. The lowest BCUT2D eigenvalue weighted by Crippen LogP contribution is -2.40. The van der Waals surface area contributed by atoms with E-state index in [0.29, 0.717) is 26.2 Å². The van der Waals surface area contributed by atoms with Crippen molar-refractivity contribution in [3.8, 4) is 0 Å². The molecule has 5 heteroatoms. The summed E-state index contributed by atoms with van der Waals surface area (Å²) in [5.41, 5.74) is 6.62. The maximum Gasteiger partial charge on any atom is 0.228 e. The van der Waals surface area contributed by atoms with Crippen molar-refractivity contribution in [2.24, 2.45) is 11.7 Å². The van der Waals surface area contributed by atoms with Crippen molar-refractivity contribution in [3.63, 3.8) is 0 Å². The molecule has 20 heavy (non-hydrogen) atoms. The zero-order valence-electron chi connectivity index (χ0n) is 11.8. The molecule has 0 aliphatic carbocycles. The molecule has 2 N–H and O–H groups in total. The average Bonchev–Trinajstić information content (AvgIpc) is 2.52. The van der Waals surface area contributed by atoms with Gasteiger partial charge in [-0.2, -0.15) is 0 Å². The van der Waals surface area contributed by atoms with E-state index in [1.54, 1.807) is 12.4 Å². The molecule has 1 aliphatic heterocycles. The summed E-state index contributed by atoms with van der Waals surface area (Å²) in [4.78, 5) is 18.6. The number of carbonyl (C=O) groups excluding carboxylic acids is 1. The fraction of sp³-hybridized carbons (Fsp3) is 0.600. The van der Waals surface area contributed by atoms with Crippen LogP contribution in [-0.4, -0.2) is 42.1 Å². The van der Waals surface area contributed by atoms with Crippen LogP contribution in [0.4, 0.5) is 0 Å². The Balaban J connectivity index is 2.00. The van der Waals surface area contributed by atoms with E-state index < -0.39 is 0 Å². The van der Waals surface area contributed by atoms with Crippen molar-refractivity contribution in [1.82, 2.24) is 9.88 Å². The molecule has 1 saturated heterocycles. The summed E-state index contributed by atoms with van der Waals surface area (Å²) in [6.07, 6.45) is 6.25. The van der Waals surface area contributed by atoms with Crippen LogP contribution in [0.1, 0.15) is 24.8 Å². The van der Waals surface area contributed by atoms with Gasteiger partial charge in [0, 0.05) is 32.1 Å². The Morgan fingerprint density at radius 3 is 3.10 bits per heavy atom. The van der Waals surface area contributed by atoms with Crippen LogP contribution in [0.3, 0.4) is 0 Å². The first-order valence-electron chi connectivity index (χ1n) is 7.26. The summed E-state index contributed by atoms with van der Waals surface area (Å²) >= 11 is 0. The first-order valence-corrected chi connectivity index (χ1v) is 7.26. The summed E-state index contributed by atoms with van der Waals surface area (Å²) in [6.45, 7) is 3.21. The van der Waals surface area contributed by atoms with Crippen LogP contribution in [0.2, 0.25) is 0 Å². The summed E-state index contributed by atoms with van der Waals surface area (Å²) in [5, 5.41) is 0. The van der Waals surface area contributed by atoms with Gasteiger partial charge in [-0.1, -0.05) is 6.07 Å². The number of amides is 1. The Labute approximate surface area is 120 Å². The summed E-state index contributed by atoms with van der Waals surface area (Å²) in [6, 6.07) is 3.89. The van der Waals surface area contributed by atoms with E-state index in [0.717, 1.165) is 31.4 Å².